The van der Waals surface area contributed by atoms with E-state index in [1.54, 1.807) is 4.31 Å². The van der Waals surface area contributed by atoms with E-state index in [0.717, 1.165) is 29.5 Å². The molecule has 1 heterocycles. The molecule has 0 aliphatic carbocycles. The fourth-order valence-corrected chi connectivity index (χ4v) is 5.32. The summed E-state index contributed by atoms with van der Waals surface area (Å²) in [7, 11) is -1.57. The van der Waals surface area contributed by atoms with Crippen LogP contribution >= 0.6 is 0 Å². The highest BCUT2D eigenvalue weighted by Crippen LogP contribution is 2.35. The number of sulfonamides is 1. The third-order valence-corrected chi connectivity index (χ3v) is 6.69. The highest BCUT2D eigenvalue weighted by atomic mass is 32.2. The van der Waals surface area contributed by atoms with Crippen LogP contribution in [0.5, 0.6) is 0 Å². The molecule has 1 aromatic carbocycles. The molecule has 0 saturated carbocycles. The van der Waals surface area contributed by atoms with E-state index in [0.29, 0.717) is 18.0 Å². The van der Waals surface area contributed by atoms with E-state index in [4.69, 9.17) is 0 Å². The molecule has 4 nitrogen and oxygen atoms in total. The van der Waals surface area contributed by atoms with E-state index >= 15 is 0 Å². The summed E-state index contributed by atoms with van der Waals surface area (Å²) in [6.45, 7) is 9.18. The fourth-order valence-electron chi connectivity index (χ4n) is 3.12. The molecule has 0 aromatic heterocycles. The largest absolute Gasteiger partial charge is 0.316 e. The average Bonchev–Trinajstić information content (AvgIpc) is 2.74. The van der Waals surface area contributed by atoms with Crippen LogP contribution in [-0.4, -0.2) is 31.9 Å². The Labute approximate surface area is 128 Å². The van der Waals surface area contributed by atoms with Gasteiger partial charge in [-0.05, 0) is 70.3 Å². The number of benzene rings is 1. The Kier molecular flexibility index (Phi) is 4.47. The van der Waals surface area contributed by atoms with Crippen molar-refractivity contribution < 1.29 is 8.42 Å². The Morgan fingerprint density at radius 2 is 1.95 bits per heavy atom. The quantitative estimate of drug-likeness (QED) is 0.930. The molecule has 0 spiro atoms. The van der Waals surface area contributed by atoms with Gasteiger partial charge in [0.2, 0.25) is 10.0 Å². The van der Waals surface area contributed by atoms with Gasteiger partial charge in [-0.2, -0.15) is 4.31 Å². The smallest absolute Gasteiger partial charge is 0.243 e. The van der Waals surface area contributed by atoms with Crippen LogP contribution in [0.15, 0.2) is 17.0 Å². The first kappa shape index (κ1) is 16.5. The minimum Gasteiger partial charge on any atom is -0.316 e. The van der Waals surface area contributed by atoms with Crippen molar-refractivity contribution in [1.29, 1.82) is 0 Å². The van der Waals surface area contributed by atoms with Crippen molar-refractivity contribution >= 4 is 10.0 Å². The first-order chi connectivity index (χ1) is 9.70. The summed E-state index contributed by atoms with van der Waals surface area (Å²) < 4.78 is 27.8. The molecule has 118 valence electrons. The van der Waals surface area contributed by atoms with Gasteiger partial charge in [-0.15, -0.1) is 0 Å². The summed E-state index contributed by atoms with van der Waals surface area (Å²) >= 11 is 0. The molecular formula is C16H26N2O2S. The zero-order valence-corrected chi connectivity index (χ0v) is 14.5. The molecule has 2 rings (SSSR count). The first-order valence-electron chi connectivity index (χ1n) is 7.48. The topological polar surface area (TPSA) is 49.4 Å². The molecule has 0 atom stereocenters. The van der Waals surface area contributed by atoms with E-state index in [2.05, 4.69) is 11.4 Å². The molecular weight excluding hydrogens is 284 g/mol. The second-order valence-corrected chi connectivity index (χ2v) is 8.39. The van der Waals surface area contributed by atoms with E-state index < -0.39 is 10.0 Å². The zero-order valence-electron chi connectivity index (χ0n) is 13.7. The van der Waals surface area contributed by atoms with Gasteiger partial charge in [-0.3, -0.25) is 0 Å². The van der Waals surface area contributed by atoms with Crippen LogP contribution in [-0.2, 0) is 16.6 Å². The predicted octanol–water partition coefficient (Wildman–Crippen LogP) is 2.59. The van der Waals surface area contributed by atoms with E-state index in [-0.39, 0.29) is 5.54 Å². The molecule has 0 bridgehead atoms. The van der Waals surface area contributed by atoms with Crippen molar-refractivity contribution in [2.45, 2.75) is 57.5 Å². The van der Waals surface area contributed by atoms with Crippen molar-refractivity contribution in [2.75, 3.05) is 13.6 Å². The van der Waals surface area contributed by atoms with Crippen LogP contribution in [0.4, 0.5) is 0 Å². The average molecular weight is 310 g/mol. The van der Waals surface area contributed by atoms with Crippen molar-refractivity contribution in [3.63, 3.8) is 0 Å². The Hall–Kier alpha value is -0.910. The maximum atomic E-state index is 13.1. The number of aryl methyl sites for hydroxylation is 1. The summed E-state index contributed by atoms with van der Waals surface area (Å²) in [5.74, 6) is 0. The summed E-state index contributed by atoms with van der Waals surface area (Å²) in [5.41, 5.74) is 2.60. The molecule has 1 fully saturated rings. The SMILES string of the molecule is CNCc1cc(C)c(C)c(S(=O)(=O)N2CCCC2(C)C)c1. The molecule has 1 N–H and O–H groups in total. The second-order valence-electron chi connectivity index (χ2n) is 6.56. The lowest BCUT2D eigenvalue weighted by atomic mass is 10.0. The molecule has 0 amide bonds. The molecule has 0 radical (unpaired) electrons. The number of nitrogens with one attached hydrogen (secondary N) is 1. The summed E-state index contributed by atoms with van der Waals surface area (Å²) in [5, 5.41) is 3.09. The standard InChI is InChI=1S/C16H26N2O2S/c1-12-9-14(11-17-5)10-15(13(12)2)21(19,20)18-8-6-7-16(18,3)4/h9-10,17H,6-8,11H2,1-5H3. The minimum absolute atomic E-state index is 0.293. The lowest BCUT2D eigenvalue weighted by molar-refractivity contribution is 0.291. The molecule has 1 aliphatic heterocycles. The summed E-state index contributed by atoms with van der Waals surface area (Å²) in [6, 6.07) is 3.88. The van der Waals surface area contributed by atoms with Crippen LogP contribution in [0.25, 0.3) is 0 Å². The predicted molar refractivity (Wildman–Crippen MR) is 85.9 cm³/mol. The van der Waals surface area contributed by atoms with Gasteiger partial charge < -0.3 is 5.32 Å². The van der Waals surface area contributed by atoms with Gasteiger partial charge in [0.15, 0.2) is 0 Å². The molecule has 1 aromatic rings. The molecule has 1 saturated heterocycles. The first-order valence-corrected chi connectivity index (χ1v) is 8.92. The Bertz CT molecular complexity index is 636. The Morgan fingerprint density at radius 3 is 2.48 bits per heavy atom. The van der Waals surface area contributed by atoms with Gasteiger partial charge in [0.1, 0.15) is 0 Å². The normalized spacial score (nSPS) is 19.1. The van der Waals surface area contributed by atoms with E-state index in [9.17, 15) is 8.42 Å². The summed E-state index contributed by atoms with van der Waals surface area (Å²) in [6.07, 6.45) is 1.85. The van der Waals surface area contributed by atoms with Crippen LogP contribution in [0.3, 0.4) is 0 Å². The fraction of sp³-hybridized carbons (Fsp3) is 0.625. The van der Waals surface area contributed by atoms with Gasteiger partial charge >= 0.3 is 0 Å². The highest BCUT2D eigenvalue weighted by molar-refractivity contribution is 7.89. The lowest BCUT2D eigenvalue weighted by Gasteiger charge is -2.31. The van der Waals surface area contributed by atoms with Crippen LogP contribution in [0.2, 0.25) is 0 Å². The Morgan fingerprint density at radius 1 is 1.29 bits per heavy atom. The maximum absolute atomic E-state index is 13.1. The monoisotopic (exact) mass is 310 g/mol. The van der Waals surface area contributed by atoms with Gasteiger partial charge in [0.25, 0.3) is 0 Å². The molecule has 1 aliphatic rings. The number of hydrogen-bond acceptors (Lipinski definition) is 3. The van der Waals surface area contributed by atoms with Crippen molar-refractivity contribution in [3.8, 4) is 0 Å². The number of rotatable bonds is 4. The lowest BCUT2D eigenvalue weighted by Crippen LogP contribution is -2.42. The third kappa shape index (κ3) is 3.00. The maximum Gasteiger partial charge on any atom is 0.243 e. The highest BCUT2D eigenvalue weighted by Gasteiger charge is 2.41. The van der Waals surface area contributed by atoms with E-state index in [1.165, 1.54) is 0 Å². The molecule has 21 heavy (non-hydrogen) atoms. The van der Waals surface area contributed by atoms with Gasteiger partial charge in [0.05, 0.1) is 4.90 Å². The van der Waals surface area contributed by atoms with Crippen LogP contribution < -0.4 is 5.32 Å². The molecule has 0 unspecified atom stereocenters. The van der Waals surface area contributed by atoms with Gasteiger partial charge in [0, 0.05) is 18.6 Å². The second kappa shape index (κ2) is 5.71. The third-order valence-electron chi connectivity index (χ3n) is 4.45. The van der Waals surface area contributed by atoms with Crippen molar-refractivity contribution in [1.82, 2.24) is 9.62 Å². The van der Waals surface area contributed by atoms with E-state index in [1.807, 2.05) is 40.8 Å². The zero-order chi connectivity index (χ0) is 15.8. The van der Waals surface area contributed by atoms with Crippen LogP contribution in [0.1, 0.15) is 43.4 Å². The van der Waals surface area contributed by atoms with Crippen molar-refractivity contribution in [3.05, 3.63) is 28.8 Å². The summed E-state index contributed by atoms with van der Waals surface area (Å²) in [4.78, 5) is 0.461. The molecule has 5 heteroatoms. The number of hydrogen-bond donors (Lipinski definition) is 1. The Balaban J connectivity index is 2.54. The van der Waals surface area contributed by atoms with Crippen LogP contribution in [0, 0.1) is 13.8 Å². The minimum atomic E-state index is -3.43. The number of nitrogens with zero attached hydrogens (tertiary/aromatic N) is 1. The van der Waals surface area contributed by atoms with Gasteiger partial charge in [-0.1, -0.05) is 6.07 Å². The van der Waals surface area contributed by atoms with Gasteiger partial charge in [-0.25, -0.2) is 8.42 Å². The van der Waals surface area contributed by atoms with Crippen molar-refractivity contribution in [2.24, 2.45) is 0 Å².